The van der Waals surface area contributed by atoms with Crippen LogP contribution in [0.5, 0.6) is 0 Å². The molecule has 0 spiro atoms. The number of aliphatic hydroxyl groups is 2. The van der Waals surface area contributed by atoms with Crippen molar-refractivity contribution >= 4 is 0 Å². The number of hydrogen-bond donors (Lipinski definition) is 2. The Kier molecular flexibility index (Phi) is 6.29. The third-order valence-corrected chi connectivity index (χ3v) is 6.45. The second-order valence-corrected chi connectivity index (χ2v) is 9.18. The van der Waals surface area contributed by atoms with Gasteiger partial charge in [-0.15, -0.1) is 0 Å². The molecule has 0 bridgehead atoms. The van der Waals surface area contributed by atoms with Crippen LogP contribution in [0.4, 0.5) is 0 Å². The van der Waals surface area contributed by atoms with E-state index in [4.69, 9.17) is 18.9 Å². The Balaban J connectivity index is 1.65. The molecule has 5 rings (SSSR count). The molecule has 2 aliphatic rings. The maximum atomic E-state index is 10.5. The van der Waals surface area contributed by atoms with Crippen molar-refractivity contribution in [2.75, 3.05) is 6.61 Å². The summed E-state index contributed by atoms with van der Waals surface area (Å²) in [5.74, 6) is -0.872. The molecule has 0 aliphatic carbocycles. The Morgan fingerprint density at radius 3 is 1.68 bits per heavy atom. The highest BCUT2D eigenvalue weighted by Gasteiger charge is 2.59. The Bertz CT molecular complexity index is 975. The predicted molar refractivity (Wildman–Crippen MR) is 126 cm³/mol. The minimum absolute atomic E-state index is 0.453. The fourth-order valence-electron chi connectivity index (χ4n) is 5.00. The average Bonchev–Trinajstić information content (AvgIpc) is 3.36. The van der Waals surface area contributed by atoms with Gasteiger partial charge in [-0.25, -0.2) is 0 Å². The third kappa shape index (κ3) is 4.07. The van der Waals surface area contributed by atoms with Gasteiger partial charge in [0.1, 0.15) is 30.0 Å². The number of hydrogen-bond acceptors (Lipinski definition) is 6. The minimum atomic E-state index is -1.13. The van der Waals surface area contributed by atoms with Crippen LogP contribution < -0.4 is 0 Å². The summed E-state index contributed by atoms with van der Waals surface area (Å²) in [6.45, 7) is 3.19. The van der Waals surface area contributed by atoms with E-state index in [1.807, 2.05) is 105 Å². The summed E-state index contributed by atoms with van der Waals surface area (Å²) >= 11 is 0. The molecular formula is C28H30O6. The lowest BCUT2D eigenvalue weighted by Crippen LogP contribution is -2.42. The fraction of sp³-hybridized carbons (Fsp3) is 0.357. The molecule has 34 heavy (non-hydrogen) atoms. The highest BCUT2D eigenvalue weighted by Crippen LogP contribution is 2.47. The van der Waals surface area contributed by atoms with Crippen LogP contribution in [0.3, 0.4) is 0 Å². The summed E-state index contributed by atoms with van der Waals surface area (Å²) < 4.78 is 25.5. The number of ether oxygens (including phenoxy) is 4. The van der Waals surface area contributed by atoms with Crippen LogP contribution in [0.2, 0.25) is 0 Å². The van der Waals surface area contributed by atoms with Gasteiger partial charge >= 0.3 is 0 Å². The maximum absolute atomic E-state index is 10.5. The smallest absolute Gasteiger partial charge is 0.189 e. The molecule has 6 heteroatoms. The second kappa shape index (κ2) is 9.23. The van der Waals surface area contributed by atoms with Crippen molar-refractivity contribution in [1.29, 1.82) is 0 Å². The second-order valence-electron chi connectivity index (χ2n) is 9.18. The third-order valence-electron chi connectivity index (χ3n) is 6.45. The first-order valence-corrected chi connectivity index (χ1v) is 11.6. The van der Waals surface area contributed by atoms with Crippen molar-refractivity contribution in [3.05, 3.63) is 108 Å². The van der Waals surface area contributed by atoms with E-state index in [2.05, 4.69) is 0 Å². The van der Waals surface area contributed by atoms with E-state index in [1.165, 1.54) is 0 Å². The first-order chi connectivity index (χ1) is 16.4. The van der Waals surface area contributed by atoms with Gasteiger partial charge in [-0.3, -0.25) is 0 Å². The monoisotopic (exact) mass is 462 g/mol. The van der Waals surface area contributed by atoms with E-state index < -0.39 is 48.7 Å². The molecule has 0 amide bonds. The Labute approximate surface area is 199 Å². The van der Waals surface area contributed by atoms with Crippen molar-refractivity contribution in [3.63, 3.8) is 0 Å². The Hall–Kier alpha value is -2.58. The molecule has 0 saturated carbocycles. The quantitative estimate of drug-likeness (QED) is 0.523. The largest absolute Gasteiger partial charge is 0.394 e. The maximum Gasteiger partial charge on any atom is 0.189 e. The van der Waals surface area contributed by atoms with E-state index >= 15 is 0 Å². The summed E-state index contributed by atoms with van der Waals surface area (Å²) in [5, 5.41) is 20.1. The predicted octanol–water partition coefficient (Wildman–Crippen LogP) is 3.59. The molecule has 6 nitrogen and oxygen atoms in total. The zero-order chi connectivity index (χ0) is 23.8. The molecule has 5 atom stereocenters. The zero-order valence-electron chi connectivity index (χ0n) is 19.3. The molecule has 2 aliphatic heterocycles. The molecule has 2 unspecified atom stereocenters. The Morgan fingerprint density at radius 2 is 1.24 bits per heavy atom. The van der Waals surface area contributed by atoms with E-state index in [0.29, 0.717) is 0 Å². The lowest BCUT2D eigenvalue weighted by molar-refractivity contribution is -0.263. The van der Waals surface area contributed by atoms with Gasteiger partial charge in [-0.05, 0) is 30.5 Å². The lowest BCUT2D eigenvalue weighted by atomic mass is 9.80. The van der Waals surface area contributed by atoms with E-state index in [9.17, 15) is 10.2 Å². The number of rotatable bonds is 7. The Morgan fingerprint density at radius 1 is 0.794 bits per heavy atom. The van der Waals surface area contributed by atoms with Gasteiger partial charge in [0.05, 0.1) is 6.61 Å². The molecular weight excluding hydrogens is 432 g/mol. The first-order valence-electron chi connectivity index (χ1n) is 11.6. The summed E-state index contributed by atoms with van der Waals surface area (Å²) in [4.78, 5) is 0. The van der Waals surface area contributed by atoms with Crippen LogP contribution in [-0.4, -0.2) is 53.3 Å². The van der Waals surface area contributed by atoms with Gasteiger partial charge in [0.25, 0.3) is 0 Å². The van der Waals surface area contributed by atoms with Crippen LogP contribution in [0.25, 0.3) is 0 Å². The lowest BCUT2D eigenvalue weighted by Gasteiger charge is -2.39. The van der Waals surface area contributed by atoms with Crippen molar-refractivity contribution in [3.8, 4) is 0 Å². The van der Waals surface area contributed by atoms with Gasteiger partial charge in [-0.2, -0.15) is 0 Å². The topological polar surface area (TPSA) is 77.4 Å². The van der Waals surface area contributed by atoms with E-state index in [-0.39, 0.29) is 0 Å². The van der Waals surface area contributed by atoms with Crippen LogP contribution >= 0.6 is 0 Å². The first kappa shape index (κ1) is 23.2. The SMILES string of the molecule is CC1(C)O[C@H]2[C@@H](C(O)CO)OC(OC(c3ccccc3)(c3ccccc3)c3ccccc3)[C@H]2O1. The van der Waals surface area contributed by atoms with Crippen LogP contribution in [0.1, 0.15) is 30.5 Å². The highest BCUT2D eigenvalue weighted by atomic mass is 16.8. The number of benzene rings is 3. The zero-order valence-corrected chi connectivity index (χ0v) is 19.3. The molecule has 2 saturated heterocycles. The van der Waals surface area contributed by atoms with Gasteiger partial charge in [0.15, 0.2) is 12.1 Å². The number of fused-ring (bicyclic) bond motifs is 1. The molecule has 3 aromatic rings. The van der Waals surface area contributed by atoms with Crippen molar-refractivity contribution in [2.24, 2.45) is 0 Å². The van der Waals surface area contributed by atoms with E-state index in [0.717, 1.165) is 16.7 Å². The van der Waals surface area contributed by atoms with Crippen molar-refractivity contribution in [1.82, 2.24) is 0 Å². The standard InChI is InChI=1S/C28H30O6/c1-27(2)32-24-23(22(30)18-29)31-26(25(24)33-27)34-28(19-12-6-3-7-13-19,20-14-8-4-9-15-20)21-16-10-5-11-17-21/h3-17,22-26,29-30H,18H2,1-2H3/t22?,23-,24+,25+,26?/m1/s1. The minimum Gasteiger partial charge on any atom is -0.394 e. The normalized spacial score (nSPS) is 26.8. The summed E-state index contributed by atoms with van der Waals surface area (Å²) in [6.07, 6.45) is -3.95. The van der Waals surface area contributed by atoms with Crippen molar-refractivity contribution < 1.29 is 29.2 Å². The molecule has 2 N–H and O–H groups in total. The fourth-order valence-corrected chi connectivity index (χ4v) is 5.00. The molecule has 0 aromatic heterocycles. The molecule has 3 aromatic carbocycles. The van der Waals surface area contributed by atoms with Crippen LogP contribution in [-0.2, 0) is 24.5 Å². The molecule has 0 radical (unpaired) electrons. The molecule has 178 valence electrons. The number of aliphatic hydroxyl groups excluding tert-OH is 2. The van der Waals surface area contributed by atoms with Gasteiger partial charge in [-0.1, -0.05) is 91.0 Å². The van der Waals surface area contributed by atoms with Gasteiger partial charge in [0.2, 0.25) is 0 Å². The van der Waals surface area contributed by atoms with Crippen LogP contribution in [0.15, 0.2) is 91.0 Å². The highest BCUT2D eigenvalue weighted by molar-refractivity contribution is 5.47. The molecule has 2 heterocycles. The average molecular weight is 463 g/mol. The summed E-state index contributed by atoms with van der Waals surface area (Å²) in [6, 6.07) is 30.0. The van der Waals surface area contributed by atoms with Crippen molar-refractivity contribution in [2.45, 2.75) is 55.9 Å². The summed E-state index contributed by atoms with van der Waals surface area (Å²) in [5.41, 5.74) is 1.76. The van der Waals surface area contributed by atoms with E-state index in [1.54, 1.807) is 0 Å². The van der Waals surface area contributed by atoms with Crippen LogP contribution in [0, 0.1) is 0 Å². The summed E-state index contributed by atoms with van der Waals surface area (Å²) in [7, 11) is 0. The van der Waals surface area contributed by atoms with Gasteiger partial charge < -0.3 is 29.2 Å². The van der Waals surface area contributed by atoms with Gasteiger partial charge in [0, 0.05) is 0 Å². The molecule has 2 fully saturated rings.